The van der Waals surface area contributed by atoms with Crippen LogP contribution in [0.25, 0.3) is 0 Å². The molecule has 0 saturated heterocycles. The van der Waals surface area contributed by atoms with Crippen molar-refractivity contribution in [3.8, 4) is 0 Å². The first-order chi connectivity index (χ1) is 8.49. The van der Waals surface area contributed by atoms with Crippen LogP contribution < -0.4 is 4.72 Å². The zero-order chi connectivity index (χ0) is 13.2. The summed E-state index contributed by atoms with van der Waals surface area (Å²) in [4.78, 5) is 10.6. The number of carbonyl (C=O) groups is 1. The van der Waals surface area contributed by atoms with E-state index in [1.54, 1.807) is 0 Å². The molecule has 0 aliphatic rings. The number of anilines is 1. The summed E-state index contributed by atoms with van der Waals surface area (Å²) >= 11 is 0. The highest BCUT2D eigenvalue weighted by molar-refractivity contribution is 7.92. The molecule has 7 nitrogen and oxygen atoms in total. The summed E-state index contributed by atoms with van der Waals surface area (Å²) < 4.78 is 25.9. The Morgan fingerprint density at radius 1 is 1.22 bits per heavy atom. The minimum atomic E-state index is -3.72. The summed E-state index contributed by atoms with van der Waals surface area (Å²) in [6, 6.07) is 6.68. The third-order valence-electron chi connectivity index (χ3n) is 2.15. The molecule has 1 heterocycles. The lowest BCUT2D eigenvalue weighted by atomic mass is 10.2. The van der Waals surface area contributed by atoms with Crippen molar-refractivity contribution in [2.24, 2.45) is 0 Å². The lowest BCUT2D eigenvalue weighted by Crippen LogP contribution is -2.13. The van der Waals surface area contributed by atoms with Gasteiger partial charge in [0.1, 0.15) is 0 Å². The van der Waals surface area contributed by atoms with Crippen LogP contribution in [-0.4, -0.2) is 29.7 Å². The third kappa shape index (κ3) is 2.48. The van der Waals surface area contributed by atoms with Crippen LogP contribution in [0.1, 0.15) is 10.4 Å². The molecule has 0 aliphatic heterocycles. The largest absolute Gasteiger partial charge is 0.478 e. The van der Waals surface area contributed by atoms with Gasteiger partial charge in [0.25, 0.3) is 10.0 Å². The van der Waals surface area contributed by atoms with Crippen LogP contribution in [0.4, 0.5) is 5.69 Å². The number of H-pyrrole nitrogens is 1. The number of sulfonamides is 1. The summed E-state index contributed by atoms with van der Waals surface area (Å²) in [5, 5.41) is 14.5. The summed E-state index contributed by atoms with van der Waals surface area (Å²) in [7, 11) is -3.72. The number of hydrogen-bond donors (Lipinski definition) is 3. The van der Waals surface area contributed by atoms with Gasteiger partial charge in [0.05, 0.1) is 11.8 Å². The number of hydrogen-bond acceptors (Lipinski definition) is 4. The highest BCUT2D eigenvalue weighted by Crippen LogP contribution is 2.14. The molecule has 0 spiro atoms. The zero-order valence-electron chi connectivity index (χ0n) is 8.99. The minimum Gasteiger partial charge on any atom is -0.478 e. The highest BCUT2D eigenvalue weighted by Gasteiger charge is 2.15. The van der Waals surface area contributed by atoms with Crippen molar-refractivity contribution < 1.29 is 18.3 Å². The van der Waals surface area contributed by atoms with Crippen molar-refractivity contribution >= 4 is 21.7 Å². The van der Waals surface area contributed by atoms with Crippen molar-refractivity contribution in [2.75, 3.05) is 4.72 Å². The van der Waals surface area contributed by atoms with Gasteiger partial charge in [0, 0.05) is 5.69 Å². The predicted molar refractivity (Wildman–Crippen MR) is 62.8 cm³/mol. The van der Waals surface area contributed by atoms with Crippen molar-refractivity contribution in [2.45, 2.75) is 5.03 Å². The second-order valence-corrected chi connectivity index (χ2v) is 5.06. The predicted octanol–water partition coefficient (Wildman–Crippen LogP) is 0.909. The number of aromatic carboxylic acids is 1. The Labute approximate surface area is 103 Å². The van der Waals surface area contributed by atoms with E-state index in [1.807, 2.05) is 0 Å². The Morgan fingerprint density at radius 2 is 1.89 bits per heavy atom. The molecule has 0 amide bonds. The minimum absolute atomic E-state index is 0.0650. The maximum Gasteiger partial charge on any atom is 0.335 e. The smallest absolute Gasteiger partial charge is 0.335 e. The Hall–Kier alpha value is -2.35. The number of nitrogens with one attached hydrogen (secondary N) is 2. The standard InChI is InChI=1S/C10H9N3O4S/c14-10(15)7-1-3-8(4-2-7)13-18(16,17)9-5-6-11-12-9/h1-6,13H,(H,11,12)(H,14,15). The first-order valence-electron chi connectivity index (χ1n) is 4.84. The fraction of sp³-hybridized carbons (Fsp3) is 0. The number of nitrogens with zero attached hydrogens (tertiary/aromatic N) is 1. The second-order valence-electron chi connectivity index (χ2n) is 3.41. The number of carboxylic acid groups (broad SMARTS) is 1. The molecule has 2 aromatic rings. The lowest BCUT2D eigenvalue weighted by molar-refractivity contribution is 0.0697. The van der Waals surface area contributed by atoms with E-state index in [9.17, 15) is 13.2 Å². The van der Waals surface area contributed by atoms with Crippen molar-refractivity contribution in [1.82, 2.24) is 10.2 Å². The molecule has 0 unspecified atom stereocenters. The van der Waals surface area contributed by atoms with E-state index < -0.39 is 16.0 Å². The van der Waals surface area contributed by atoms with Gasteiger partial charge in [-0.3, -0.25) is 9.82 Å². The van der Waals surface area contributed by atoms with Crippen LogP contribution >= 0.6 is 0 Å². The van der Waals surface area contributed by atoms with Crippen molar-refractivity contribution in [1.29, 1.82) is 0 Å². The van der Waals surface area contributed by atoms with Crippen LogP contribution in [0, 0.1) is 0 Å². The van der Waals surface area contributed by atoms with Gasteiger partial charge in [-0.1, -0.05) is 0 Å². The van der Waals surface area contributed by atoms with Gasteiger partial charge in [-0.15, -0.1) is 0 Å². The van der Waals surface area contributed by atoms with E-state index >= 15 is 0 Å². The van der Waals surface area contributed by atoms with Crippen LogP contribution in [0.15, 0.2) is 41.6 Å². The van der Waals surface area contributed by atoms with Gasteiger partial charge in [0.2, 0.25) is 0 Å². The van der Waals surface area contributed by atoms with Crippen LogP contribution in [0.3, 0.4) is 0 Å². The quantitative estimate of drug-likeness (QED) is 0.762. The molecule has 0 atom stereocenters. The van der Waals surface area contributed by atoms with Gasteiger partial charge in [-0.25, -0.2) is 4.79 Å². The van der Waals surface area contributed by atoms with E-state index in [1.165, 1.54) is 36.5 Å². The number of aromatic amines is 1. The van der Waals surface area contributed by atoms with Gasteiger partial charge >= 0.3 is 5.97 Å². The molecule has 0 fully saturated rings. The molecule has 0 saturated carbocycles. The molecule has 8 heteroatoms. The van der Waals surface area contributed by atoms with E-state index in [4.69, 9.17) is 5.11 Å². The molecule has 94 valence electrons. The molecule has 0 bridgehead atoms. The molecular formula is C10H9N3O4S. The lowest BCUT2D eigenvalue weighted by Gasteiger charge is -2.05. The maximum atomic E-state index is 11.8. The normalized spacial score (nSPS) is 11.1. The van der Waals surface area contributed by atoms with Crippen LogP contribution in [0.5, 0.6) is 0 Å². The molecule has 1 aromatic carbocycles. The Kier molecular flexibility index (Phi) is 3.02. The Balaban J connectivity index is 2.22. The van der Waals surface area contributed by atoms with Gasteiger partial charge in [-0.2, -0.15) is 13.5 Å². The monoisotopic (exact) mass is 267 g/mol. The number of rotatable bonds is 4. The Bertz CT molecular complexity index is 647. The summed E-state index contributed by atoms with van der Waals surface area (Å²) in [6.45, 7) is 0. The van der Waals surface area contributed by atoms with E-state index in [-0.39, 0.29) is 16.3 Å². The summed E-state index contributed by atoms with van der Waals surface area (Å²) in [6.07, 6.45) is 1.32. The van der Waals surface area contributed by atoms with E-state index in [2.05, 4.69) is 14.9 Å². The number of carboxylic acids is 1. The van der Waals surface area contributed by atoms with Crippen LogP contribution in [0.2, 0.25) is 0 Å². The van der Waals surface area contributed by atoms with Gasteiger partial charge < -0.3 is 5.11 Å². The second kappa shape index (κ2) is 4.49. The number of aromatic nitrogens is 2. The molecule has 3 N–H and O–H groups in total. The highest BCUT2D eigenvalue weighted by atomic mass is 32.2. The van der Waals surface area contributed by atoms with Crippen molar-refractivity contribution in [3.63, 3.8) is 0 Å². The maximum absolute atomic E-state index is 11.8. The fourth-order valence-corrected chi connectivity index (χ4v) is 2.25. The topological polar surface area (TPSA) is 112 Å². The van der Waals surface area contributed by atoms with E-state index in [0.717, 1.165) is 0 Å². The van der Waals surface area contributed by atoms with E-state index in [0.29, 0.717) is 0 Å². The third-order valence-corrected chi connectivity index (χ3v) is 3.46. The fourth-order valence-electron chi connectivity index (χ4n) is 1.28. The number of benzene rings is 1. The molecule has 2 rings (SSSR count). The van der Waals surface area contributed by atoms with Gasteiger partial charge in [0.15, 0.2) is 5.03 Å². The molecular weight excluding hydrogens is 258 g/mol. The SMILES string of the molecule is O=C(O)c1ccc(NS(=O)(=O)c2ccn[nH]2)cc1. The first kappa shape index (κ1) is 12.1. The molecule has 18 heavy (non-hydrogen) atoms. The summed E-state index contributed by atoms with van der Waals surface area (Å²) in [5.41, 5.74) is 0.356. The van der Waals surface area contributed by atoms with Gasteiger partial charge in [-0.05, 0) is 30.3 Å². The average Bonchev–Trinajstić information content (AvgIpc) is 2.83. The molecule has 0 radical (unpaired) electrons. The first-order valence-corrected chi connectivity index (χ1v) is 6.33. The molecule has 0 aliphatic carbocycles. The Morgan fingerprint density at radius 3 is 2.39 bits per heavy atom. The van der Waals surface area contributed by atoms with Crippen molar-refractivity contribution in [3.05, 3.63) is 42.1 Å². The average molecular weight is 267 g/mol. The summed E-state index contributed by atoms with van der Waals surface area (Å²) in [5.74, 6) is -1.07. The van der Waals surface area contributed by atoms with Crippen LogP contribution in [-0.2, 0) is 10.0 Å². The zero-order valence-corrected chi connectivity index (χ0v) is 9.81. The molecule has 1 aromatic heterocycles.